The second-order valence-electron chi connectivity index (χ2n) is 2.91. The molecule has 0 saturated heterocycles. The molecular formula is C10H13BrO2. The first kappa shape index (κ1) is 10.7. The van der Waals surface area contributed by atoms with Gasteiger partial charge in [-0.2, -0.15) is 0 Å². The molecule has 0 fully saturated rings. The molecule has 2 N–H and O–H groups in total. The van der Waals surface area contributed by atoms with Crippen molar-refractivity contribution in [2.45, 2.75) is 19.4 Å². The first-order chi connectivity index (χ1) is 6.27. The highest BCUT2D eigenvalue weighted by Crippen LogP contribution is 2.19. The molecule has 0 aliphatic rings. The molecule has 0 bridgehead atoms. The molecule has 0 aliphatic carbocycles. The molecule has 0 aliphatic heterocycles. The first-order valence-electron chi connectivity index (χ1n) is 4.27. The molecule has 0 amide bonds. The Bertz CT molecular complexity index is 274. The van der Waals surface area contributed by atoms with E-state index in [1.54, 1.807) is 0 Å². The van der Waals surface area contributed by atoms with E-state index in [-0.39, 0.29) is 13.2 Å². The van der Waals surface area contributed by atoms with Crippen LogP contribution in [0.2, 0.25) is 0 Å². The number of aryl methyl sites for hydroxylation is 1. The second kappa shape index (κ2) is 5.37. The van der Waals surface area contributed by atoms with Crippen molar-refractivity contribution in [1.29, 1.82) is 0 Å². The molecule has 0 radical (unpaired) electrons. The van der Waals surface area contributed by atoms with Crippen molar-refractivity contribution in [3.05, 3.63) is 33.8 Å². The summed E-state index contributed by atoms with van der Waals surface area (Å²) in [5.74, 6) is 0. The van der Waals surface area contributed by atoms with E-state index >= 15 is 0 Å². The van der Waals surface area contributed by atoms with E-state index in [4.69, 9.17) is 10.2 Å². The Labute approximate surface area is 86.3 Å². The molecule has 0 unspecified atom stereocenters. The van der Waals surface area contributed by atoms with Gasteiger partial charge < -0.3 is 10.2 Å². The van der Waals surface area contributed by atoms with Gasteiger partial charge in [-0.05, 0) is 30.0 Å². The molecule has 0 aromatic heterocycles. The summed E-state index contributed by atoms with van der Waals surface area (Å²) >= 11 is 3.43. The van der Waals surface area contributed by atoms with Gasteiger partial charge in [-0.3, -0.25) is 0 Å². The van der Waals surface area contributed by atoms with Crippen molar-refractivity contribution < 1.29 is 10.2 Å². The van der Waals surface area contributed by atoms with E-state index in [2.05, 4.69) is 15.9 Å². The van der Waals surface area contributed by atoms with Crippen LogP contribution in [-0.2, 0) is 13.0 Å². The number of rotatable bonds is 4. The molecule has 0 heterocycles. The minimum absolute atomic E-state index is 0.0683. The van der Waals surface area contributed by atoms with Crippen molar-refractivity contribution in [2.24, 2.45) is 0 Å². The van der Waals surface area contributed by atoms with E-state index in [0.717, 1.165) is 22.9 Å². The fraction of sp³-hybridized carbons (Fsp3) is 0.400. The lowest BCUT2D eigenvalue weighted by atomic mass is 10.1. The highest BCUT2D eigenvalue weighted by molar-refractivity contribution is 9.10. The minimum atomic E-state index is 0.0683. The van der Waals surface area contributed by atoms with Crippen LogP contribution in [0.1, 0.15) is 17.5 Å². The monoisotopic (exact) mass is 244 g/mol. The maximum atomic E-state index is 8.87. The number of aliphatic hydroxyl groups is 2. The zero-order chi connectivity index (χ0) is 9.68. The van der Waals surface area contributed by atoms with Gasteiger partial charge in [0.25, 0.3) is 0 Å². The molecule has 1 aromatic carbocycles. The summed E-state index contributed by atoms with van der Waals surface area (Å²) in [6.07, 6.45) is 1.64. The number of halogens is 1. The van der Waals surface area contributed by atoms with E-state index in [1.807, 2.05) is 18.2 Å². The van der Waals surface area contributed by atoms with Crippen molar-refractivity contribution >= 4 is 15.9 Å². The van der Waals surface area contributed by atoms with Gasteiger partial charge in [0.05, 0.1) is 6.61 Å². The van der Waals surface area contributed by atoms with Crippen LogP contribution >= 0.6 is 15.9 Å². The number of aliphatic hydroxyl groups excluding tert-OH is 2. The Morgan fingerprint density at radius 1 is 1.23 bits per heavy atom. The highest BCUT2D eigenvalue weighted by Gasteiger charge is 2.00. The average molecular weight is 245 g/mol. The molecule has 0 spiro atoms. The summed E-state index contributed by atoms with van der Waals surface area (Å²) < 4.78 is 1.01. The van der Waals surface area contributed by atoms with Crippen LogP contribution < -0.4 is 0 Å². The van der Waals surface area contributed by atoms with E-state index < -0.39 is 0 Å². The van der Waals surface area contributed by atoms with Gasteiger partial charge in [-0.25, -0.2) is 0 Å². The lowest BCUT2D eigenvalue weighted by Crippen LogP contribution is -1.92. The molecule has 1 aromatic rings. The summed E-state index contributed by atoms with van der Waals surface area (Å²) in [4.78, 5) is 0. The summed E-state index contributed by atoms with van der Waals surface area (Å²) in [7, 11) is 0. The summed E-state index contributed by atoms with van der Waals surface area (Å²) in [5.41, 5.74) is 2.07. The number of hydrogen-bond donors (Lipinski definition) is 2. The smallest absolute Gasteiger partial charge is 0.0682 e. The van der Waals surface area contributed by atoms with Crippen LogP contribution in [0.25, 0.3) is 0 Å². The maximum absolute atomic E-state index is 8.87. The zero-order valence-corrected chi connectivity index (χ0v) is 8.92. The topological polar surface area (TPSA) is 40.5 Å². The van der Waals surface area contributed by atoms with Crippen LogP contribution in [0.15, 0.2) is 22.7 Å². The van der Waals surface area contributed by atoms with Crippen LogP contribution in [0.4, 0.5) is 0 Å². The van der Waals surface area contributed by atoms with Crippen molar-refractivity contribution in [3.8, 4) is 0 Å². The molecule has 13 heavy (non-hydrogen) atoms. The number of benzene rings is 1. The van der Waals surface area contributed by atoms with Crippen LogP contribution in [0.3, 0.4) is 0 Å². The molecule has 2 nitrogen and oxygen atoms in total. The van der Waals surface area contributed by atoms with Crippen molar-refractivity contribution in [1.82, 2.24) is 0 Å². The normalized spacial score (nSPS) is 10.4. The minimum Gasteiger partial charge on any atom is -0.396 e. The zero-order valence-electron chi connectivity index (χ0n) is 7.33. The van der Waals surface area contributed by atoms with Crippen LogP contribution in [0, 0.1) is 0 Å². The largest absolute Gasteiger partial charge is 0.396 e. The Kier molecular flexibility index (Phi) is 4.42. The third-order valence-corrected chi connectivity index (χ3v) is 2.64. The van der Waals surface area contributed by atoms with E-state index in [0.29, 0.717) is 0 Å². The predicted octanol–water partition coefficient (Wildman–Crippen LogP) is 1.87. The summed E-state index contributed by atoms with van der Waals surface area (Å²) in [6.45, 7) is 0.285. The molecule has 0 saturated carbocycles. The summed E-state index contributed by atoms with van der Waals surface area (Å²) in [6, 6.07) is 5.79. The van der Waals surface area contributed by atoms with Gasteiger partial charge in [0.15, 0.2) is 0 Å². The second-order valence-corrected chi connectivity index (χ2v) is 3.77. The Morgan fingerprint density at radius 3 is 2.54 bits per heavy atom. The summed E-state index contributed by atoms with van der Waals surface area (Å²) in [5, 5.41) is 17.5. The fourth-order valence-electron chi connectivity index (χ4n) is 1.16. The fourth-order valence-corrected chi connectivity index (χ4v) is 1.79. The van der Waals surface area contributed by atoms with Crippen LogP contribution in [0.5, 0.6) is 0 Å². The van der Waals surface area contributed by atoms with Gasteiger partial charge >= 0.3 is 0 Å². The van der Waals surface area contributed by atoms with Crippen molar-refractivity contribution in [3.63, 3.8) is 0 Å². The highest BCUT2D eigenvalue weighted by atomic mass is 79.9. The van der Waals surface area contributed by atoms with Gasteiger partial charge in [0, 0.05) is 11.1 Å². The van der Waals surface area contributed by atoms with Gasteiger partial charge in [-0.1, -0.05) is 28.1 Å². The molecular weight excluding hydrogens is 232 g/mol. The molecule has 3 heteroatoms. The van der Waals surface area contributed by atoms with Crippen molar-refractivity contribution in [2.75, 3.05) is 6.61 Å². The average Bonchev–Trinajstić information content (AvgIpc) is 2.16. The van der Waals surface area contributed by atoms with Crippen LogP contribution in [-0.4, -0.2) is 16.8 Å². The Balaban J connectivity index is 2.73. The number of hydrogen-bond acceptors (Lipinski definition) is 2. The van der Waals surface area contributed by atoms with E-state index in [1.165, 1.54) is 5.56 Å². The third kappa shape index (κ3) is 3.10. The predicted molar refractivity (Wildman–Crippen MR) is 55.5 cm³/mol. The quantitative estimate of drug-likeness (QED) is 0.850. The Hall–Kier alpha value is -0.380. The lowest BCUT2D eigenvalue weighted by molar-refractivity contribution is 0.281. The first-order valence-corrected chi connectivity index (χ1v) is 5.06. The molecule has 0 atom stereocenters. The van der Waals surface area contributed by atoms with Gasteiger partial charge in [0.1, 0.15) is 0 Å². The SMILES string of the molecule is OCCCc1ccc(CO)cc1Br. The maximum Gasteiger partial charge on any atom is 0.0682 e. The van der Waals surface area contributed by atoms with Gasteiger partial charge in [0.2, 0.25) is 0 Å². The van der Waals surface area contributed by atoms with E-state index in [9.17, 15) is 0 Å². The molecule has 1 rings (SSSR count). The lowest BCUT2D eigenvalue weighted by Gasteiger charge is -2.04. The third-order valence-electron chi connectivity index (χ3n) is 1.90. The standard InChI is InChI=1S/C10H13BrO2/c11-10-6-8(7-13)3-4-9(10)2-1-5-12/h3-4,6,12-13H,1-2,5,7H2. The van der Waals surface area contributed by atoms with Gasteiger partial charge in [-0.15, -0.1) is 0 Å². The molecule has 72 valence electrons. The Morgan fingerprint density at radius 2 is 2.00 bits per heavy atom.